The predicted molar refractivity (Wildman–Crippen MR) is 57.3 cm³/mol. The second-order valence-corrected chi connectivity index (χ2v) is 4.69. The van der Waals surface area contributed by atoms with Crippen molar-refractivity contribution in [3.63, 3.8) is 0 Å². The Bertz CT molecular complexity index is 393. The maximum Gasteiger partial charge on any atom is 0.314 e. The van der Waals surface area contributed by atoms with Crippen LogP contribution in [0.15, 0.2) is 22.7 Å². The van der Waals surface area contributed by atoms with E-state index in [9.17, 15) is 14.3 Å². The number of rotatable bonds is 2. The zero-order valence-electron chi connectivity index (χ0n) is 7.96. The van der Waals surface area contributed by atoms with E-state index < -0.39 is 17.2 Å². The van der Waals surface area contributed by atoms with Gasteiger partial charge in [0.2, 0.25) is 0 Å². The molecular weight excluding hydrogens is 263 g/mol. The molecule has 0 aliphatic heterocycles. The minimum absolute atomic E-state index is 0.295. The highest BCUT2D eigenvalue weighted by atomic mass is 79.9. The van der Waals surface area contributed by atoms with Crippen molar-refractivity contribution in [3.05, 3.63) is 34.1 Å². The predicted octanol–water partition coefficient (Wildman–Crippen LogP) is 3.09. The molecule has 1 aromatic carbocycles. The standard InChI is InChI=1S/C11H10BrFO2/c12-7-3-1-4-8(13)9(7)11(10(14)15)5-2-6-11/h1,3-4H,2,5-6H2,(H,14,15). The van der Waals surface area contributed by atoms with E-state index in [1.807, 2.05) is 0 Å². The van der Waals surface area contributed by atoms with E-state index in [0.29, 0.717) is 22.9 Å². The van der Waals surface area contributed by atoms with Crippen molar-refractivity contribution in [2.45, 2.75) is 24.7 Å². The largest absolute Gasteiger partial charge is 0.481 e. The second-order valence-electron chi connectivity index (χ2n) is 3.84. The fraction of sp³-hybridized carbons (Fsp3) is 0.364. The maximum atomic E-state index is 13.6. The minimum Gasteiger partial charge on any atom is -0.481 e. The van der Waals surface area contributed by atoms with Gasteiger partial charge >= 0.3 is 5.97 Å². The van der Waals surface area contributed by atoms with Gasteiger partial charge in [-0.1, -0.05) is 28.4 Å². The van der Waals surface area contributed by atoms with Gasteiger partial charge < -0.3 is 5.11 Å². The summed E-state index contributed by atoms with van der Waals surface area (Å²) in [4.78, 5) is 11.2. The second kappa shape index (κ2) is 3.59. The summed E-state index contributed by atoms with van der Waals surface area (Å²) in [5.74, 6) is -1.37. The third-order valence-electron chi connectivity index (χ3n) is 3.06. The number of carboxylic acid groups (broad SMARTS) is 1. The topological polar surface area (TPSA) is 37.3 Å². The third kappa shape index (κ3) is 1.47. The van der Waals surface area contributed by atoms with Gasteiger partial charge in [0, 0.05) is 10.0 Å². The normalized spacial score (nSPS) is 18.3. The van der Waals surface area contributed by atoms with Crippen molar-refractivity contribution in [1.29, 1.82) is 0 Å². The Morgan fingerprint density at radius 2 is 2.13 bits per heavy atom. The molecule has 80 valence electrons. The van der Waals surface area contributed by atoms with E-state index in [1.165, 1.54) is 6.07 Å². The van der Waals surface area contributed by atoms with Crippen molar-refractivity contribution in [2.75, 3.05) is 0 Å². The van der Waals surface area contributed by atoms with Gasteiger partial charge in [-0.15, -0.1) is 0 Å². The van der Waals surface area contributed by atoms with Crippen molar-refractivity contribution < 1.29 is 14.3 Å². The van der Waals surface area contributed by atoms with Crippen LogP contribution in [0.3, 0.4) is 0 Å². The number of hydrogen-bond donors (Lipinski definition) is 1. The van der Waals surface area contributed by atoms with Gasteiger partial charge in [0.15, 0.2) is 0 Å². The molecule has 1 aliphatic rings. The smallest absolute Gasteiger partial charge is 0.314 e. The van der Waals surface area contributed by atoms with Crippen molar-refractivity contribution in [3.8, 4) is 0 Å². The Kier molecular flexibility index (Phi) is 2.54. The van der Waals surface area contributed by atoms with E-state index in [0.717, 1.165) is 6.42 Å². The van der Waals surface area contributed by atoms with Gasteiger partial charge in [0.05, 0.1) is 5.41 Å². The monoisotopic (exact) mass is 272 g/mol. The molecule has 0 saturated heterocycles. The molecule has 1 fully saturated rings. The zero-order valence-corrected chi connectivity index (χ0v) is 9.55. The molecule has 1 aromatic rings. The van der Waals surface area contributed by atoms with E-state index in [-0.39, 0.29) is 0 Å². The van der Waals surface area contributed by atoms with Crippen LogP contribution in [-0.4, -0.2) is 11.1 Å². The van der Waals surface area contributed by atoms with Crippen LogP contribution in [0.4, 0.5) is 4.39 Å². The number of carbonyl (C=O) groups is 1. The number of aliphatic carboxylic acids is 1. The summed E-state index contributed by atoms with van der Waals surface area (Å²) in [6.45, 7) is 0. The molecule has 15 heavy (non-hydrogen) atoms. The van der Waals surface area contributed by atoms with Crippen LogP contribution < -0.4 is 0 Å². The number of benzene rings is 1. The summed E-state index contributed by atoms with van der Waals surface area (Å²) in [7, 11) is 0. The molecule has 0 spiro atoms. The highest BCUT2D eigenvalue weighted by Crippen LogP contribution is 2.47. The van der Waals surface area contributed by atoms with E-state index in [1.54, 1.807) is 12.1 Å². The van der Waals surface area contributed by atoms with Gasteiger partial charge in [-0.05, 0) is 25.0 Å². The lowest BCUT2D eigenvalue weighted by Gasteiger charge is -2.38. The Morgan fingerprint density at radius 3 is 2.53 bits per heavy atom. The Labute approximate surface area is 95.2 Å². The molecule has 0 aromatic heterocycles. The maximum absolute atomic E-state index is 13.6. The molecule has 4 heteroatoms. The zero-order chi connectivity index (χ0) is 11.1. The highest BCUT2D eigenvalue weighted by Gasteiger charge is 2.48. The first kappa shape index (κ1) is 10.6. The summed E-state index contributed by atoms with van der Waals surface area (Å²) in [5, 5.41) is 9.20. The first-order chi connectivity index (χ1) is 7.08. The number of halogens is 2. The fourth-order valence-corrected chi connectivity index (χ4v) is 2.78. The van der Waals surface area contributed by atoms with Crippen LogP contribution in [0.25, 0.3) is 0 Å². The summed E-state index contributed by atoms with van der Waals surface area (Å²) < 4.78 is 14.2. The first-order valence-electron chi connectivity index (χ1n) is 4.76. The molecule has 0 radical (unpaired) electrons. The SMILES string of the molecule is O=C(O)C1(c2c(F)cccc2Br)CCC1. The fourth-order valence-electron chi connectivity index (χ4n) is 2.06. The van der Waals surface area contributed by atoms with Gasteiger partial charge in [-0.2, -0.15) is 0 Å². The molecule has 0 amide bonds. The van der Waals surface area contributed by atoms with Crippen LogP contribution in [-0.2, 0) is 10.2 Å². The third-order valence-corrected chi connectivity index (χ3v) is 3.72. The molecular formula is C11H10BrFO2. The number of hydrogen-bond acceptors (Lipinski definition) is 1. The van der Waals surface area contributed by atoms with Gasteiger partial charge in [0.25, 0.3) is 0 Å². The van der Waals surface area contributed by atoms with Crippen LogP contribution in [0.2, 0.25) is 0 Å². The quantitative estimate of drug-likeness (QED) is 0.899. The Balaban J connectivity index is 2.57. The summed E-state index contributed by atoms with van der Waals surface area (Å²) in [6, 6.07) is 4.56. The van der Waals surface area contributed by atoms with Gasteiger partial charge in [-0.3, -0.25) is 4.79 Å². The Hall–Kier alpha value is -0.900. The molecule has 0 atom stereocenters. The van der Waals surface area contributed by atoms with Crippen molar-refractivity contribution in [2.24, 2.45) is 0 Å². The van der Waals surface area contributed by atoms with Crippen LogP contribution >= 0.6 is 15.9 Å². The molecule has 1 saturated carbocycles. The minimum atomic E-state index is -1.01. The van der Waals surface area contributed by atoms with E-state index in [2.05, 4.69) is 15.9 Å². The van der Waals surface area contributed by atoms with Gasteiger partial charge in [-0.25, -0.2) is 4.39 Å². The summed E-state index contributed by atoms with van der Waals surface area (Å²) >= 11 is 3.22. The number of carboxylic acids is 1. The molecule has 1 aliphatic carbocycles. The van der Waals surface area contributed by atoms with Crippen LogP contribution in [0.1, 0.15) is 24.8 Å². The van der Waals surface area contributed by atoms with Crippen LogP contribution in [0.5, 0.6) is 0 Å². The molecule has 2 nitrogen and oxygen atoms in total. The van der Waals surface area contributed by atoms with Crippen LogP contribution in [0, 0.1) is 5.82 Å². The Morgan fingerprint density at radius 1 is 1.47 bits per heavy atom. The van der Waals surface area contributed by atoms with E-state index in [4.69, 9.17) is 0 Å². The lowest BCUT2D eigenvalue weighted by atomic mass is 9.64. The molecule has 0 heterocycles. The molecule has 1 N–H and O–H groups in total. The lowest BCUT2D eigenvalue weighted by Crippen LogP contribution is -2.43. The average molecular weight is 273 g/mol. The first-order valence-corrected chi connectivity index (χ1v) is 5.55. The van der Waals surface area contributed by atoms with Crippen molar-refractivity contribution in [1.82, 2.24) is 0 Å². The van der Waals surface area contributed by atoms with E-state index >= 15 is 0 Å². The highest BCUT2D eigenvalue weighted by molar-refractivity contribution is 9.10. The van der Waals surface area contributed by atoms with Gasteiger partial charge in [0.1, 0.15) is 5.82 Å². The summed E-state index contributed by atoms with van der Waals surface area (Å²) in [5.41, 5.74) is -0.715. The molecule has 0 bridgehead atoms. The lowest BCUT2D eigenvalue weighted by molar-refractivity contribution is -0.147. The molecule has 2 rings (SSSR count). The van der Waals surface area contributed by atoms with Crippen molar-refractivity contribution >= 4 is 21.9 Å². The molecule has 0 unspecified atom stereocenters. The summed E-state index contributed by atoms with van der Waals surface area (Å²) in [6.07, 6.45) is 1.87. The average Bonchev–Trinajstić information content (AvgIpc) is 2.07.